The van der Waals surface area contributed by atoms with Gasteiger partial charge in [-0.15, -0.1) is 0 Å². The van der Waals surface area contributed by atoms with Crippen molar-refractivity contribution in [3.63, 3.8) is 0 Å². The molecular formula is C55H64N8O11S. The first kappa shape index (κ1) is 56.6. The lowest BCUT2D eigenvalue weighted by molar-refractivity contribution is -0.138. The summed E-state index contributed by atoms with van der Waals surface area (Å²) in [5.74, 6) is -1.27. The molecule has 75 heavy (non-hydrogen) atoms. The second-order valence-electron chi connectivity index (χ2n) is 17.3. The molecule has 5 aromatic carbocycles. The van der Waals surface area contributed by atoms with Crippen molar-refractivity contribution in [2.75, 3.05) is 109 Å². The number of benzene rings is 5. The number of amides is 5. The normalized spacial score (nSPS) is 13.3. The van der Waals surface area contributed by atoms with Gasteiger partial charge in [-0.25, -0.2) is 19.4 Å². The number of rotatable bonds is 26. The number of carbonyl (C=O) groups excluding carboxylic acids is 4. The van der Waals surface area contributed by atoms with E-state index in [0.717, 1.165) is 36.0 Å². The SMILES string of the molecule is CCOC(=O)C1=C(O)/C(=C/c2ccc(OCCOCCOCCOCCNC(=O)c3cc(NC(=O)Nc4ccc(CN(C)C)cc4)cc(NC(=O)Nc4ccc(CN(C)C)cc4)c3)c(O)c2)SC1=Nc1ccccc1. The third-order valence-electron chi connectivity index (χ3n) is 10.5. The largest absolute Gasteiger partial charge is 0.506 e. The number of nitrogens with one attached hydrogen (secondary N) is 5. The zero-order valence-electron chi connectivity index (χ0n) is 42.6. The third kappa shape index (κ3) is 18.9. The average molecular weight is 1050 g/mol. The molecule has 1 heterocycles. The van der Waals surface area contributed by atoms with Crippen molar-refractivity contribution in [2.24, 2.45) is 4.99 Å². The Labute approximate surface area is 440 Å². The topological polar surface area (TPSA) is 234 Å². The van der Waals surface area contributed by atoms with E-state index in [1.807, 2.05) is 80.5 Å². The quantitative estimate of drug-likeness (QED) is 0.0203. The second-order valence-corrected chi connectivity index (χ2v) is 18.3. The van der Waals surface area contributed by atoms with Gasteiger partial charge in [-0.1, -0.05) is 60.3 Å². The molecule has 396 valence electrons. The van der Waals surface area contributed by atoms with Crippen LogP contribution in [0.1, 0.15) is 34.0 Å². The molecular weight excluding hydrogens is 981 g/mol. The summed E-state index contributed by atoms with van der Waals surface area (Å²) in [7, 11) is 7.90. The van der Waals surface area contributed by atoms with Crippen LogP contribution in [0, 0.1) is 0 Å². The molecule has 1 aliphatic heterocycles. The van der Waals surface area contributed by atoms with E-state index in [1.54, 1.807) is 67.6 Å². The van der Waals surface area contributed by atoms with E-state index in [9.17, 15) is 29.4 Å². The molecule has 0 unspecified atom stereocenters. The van der Waals surface area contributed by atoms with Gasteiger partial charge in [0.15, 0.2) is 11.5 Å². The van der Waals surface area contributed by atoms with Crippen LogP contribution in [0.15, 0.2) is 136 Å². The van der Waals surface area contributed by atoms with Gasteiger partial charge in [-0.3, -0.25) is 4.79 Å². The van der Waals surface area contributed by atoms with E-state index in [2.05, 4.69) is 31.6 Å². The first-order valence-corrected chi connectivity index (χ1v) is 24.9. The number of thioether (sulfide) groups is 1. The van der Waals surface area contributed by atoms with Crippen LogP contribution in [0.2, 0.25) is 0 Å². The van der Waals surface area contributed by atoms with Gasteiger partial charge in [0.05, 0.1) is 56.8 Å². The summed E-state index contributed by atoms with van der Waals surface area (Å²) in [5.41, 5.74) is 5.22. The smallest absolute Gasteiger partial charge is 0.344 e. The maximum absolute atomic E-state index is 13.4. The van der Waals surface area contributed by atoms with Crippen LogP contribution in [0.3, 0.4) is 0 Å². The lowest BCUT2D eigenvalue weighted by Crippen LogP contribution is -2.28. The zero-order valence-corrected chi connectivity index (χ0v) is 43.5. The van der Waals surface area contributed by atoms with Crippen molar-refractivity contribution in [2.45, 2.75) is 20.0 Å². The molecule has 0 radical (unpaired) electrons. The number of carbonyl (C=O) groups is 4. The highest BCUT2D eigenvalue weighted by atomic mass is 32.2. The van der Waals surface area contributed by atoms with Crippen LogP contribution >= 0.6 is 11.8 Å². The van der Waals surface area contributed by atoms with Gasteiger partial charge in [0.25, 0.3) is 5.91 Å². The number of aromatic hydroxyl groups is 1. The number of phenols is 1. The van der Waals surface area contributed by atoms with Crippen molar-refractivity contribution in [3.8, 4) is 11.5 Å². The van der Waals surface area contributed by atoms with Crippen molar-refractivity contribution in [1.82, 2.24) is 15.1 Å². The molecule has 0 atom stereocenters. The van der Waals surface area contributed by atoms with Crippen LogP contribution in [0.5, 0.6) is 11.5 Å². The molecule has 19 nitrogen and oxygen atoms in total. The van der Waals surface area contributed by atoms with E-state index in [1.165, 1.54) is 18.2 Å². The highest BCUT2D eigenvalue weighted by molar-refractivity contribution is 8.18. The summed E-state index contributed by atoms with van der Waals surface area (Å²) in [6.07, 6.45) is 1.63. The summed E-state index contributed by atoms with van der Waals surface area (Å²) < 4.78 is 27.7. The molecule has 0 aromatic heterocycles. The predicted molar refractivity (Wildman–Crippen MR) is 293 cm³/mol. The molecule has 20 heteroatoms. The first-order valence-electron chi connectivity index (χ1n) is 24.1. The summed E-state index contributed by atoms with van der Waals surface area (Å²) in [4.78, 5) is 61.2. The molecule has 0 fully saturated rings. The van der Waals surface area contributed by atoms with Crippen LogP contribution in [0.25, 0.3) is 6.08 Å². The van der Waals surface area contributed by atoms with Gasteiger partial charge in [-0.2, -0.15) is 0 Å². The fourth-order valence-corrected chi connectivity index (χ4v) is 8.24. The van der Waals surface area contributed by atoms with Crippen LogP contribution < -0.4 is 31.3 Å². The Morgan fingerprint density at radius 1 is 0.627 bits per heavy atom. The Kier molecular flexibility index (Phi) is 22.1. The number of ether oxygens (including phenoxy) is 5. The molecule has 0 saturated carbocycles. The molecule has 5 aromatic rings. The maximum atomic E-state index is 13.4. The number of aliphatic imine (C=N–C) groups is 1. The third-order valence-corrected chi connectivity index (χ3v) is 11.6. The van der Waals surface area contributed by atoms with E-state index in [-0.39, 0.29) is 86.0 Å². The second kappa shape index (κ2) is 29.2. The van der Waals surface area contributed by atoms with Crippen LogP contribution in [0.4, 0.5) is 38.0 Å². The van der Waals surface area contributed by atoms with Gasteiger partial charge < -0.3 is 70.3 Å². The number of hydrogen-bond donors (Lipinski definition) is 7. The monoisotopic (exact) mass is 1040 g/mol. The van der Waals surface area contributed by atoms with Gasteiger partial charge in [0, 0.05) is 47.9 Å². The minimum absolute atomic E-state index is 0.0248. The number of aliphatic hydroxyl groups is 1. The standard InChI is InChI=1S/C55H64N8O11S/c1-6-73-53(67)49-50(65)48(75-52(49)57-41-10-8-7-9-11-41)31-39-16-21-47(46(64)30-39)74-29-28-72-27-26-71-25-24-70-23-22-56-51(66)40-32-44(60-54(68)58-42-17-12-37(13-18-42)35-62(2)3)34-45(33-40)61-55(69)59-43-19-14-38(15-20-43)36-63(4)5/h7-21,30-34,64-65H,6,22-29,35-36H2,1-5H3,(H,56,66)(H2,58,60,68)(H2,59,61,69)/b48-31-,57-52?. The van der Waals surface area contributed by atoms with E-state index < -0.39 is 23.9 Å². The average Bonchev–Trinajstić information content (AvgIpc) is 3.67. The summed E-state index contributed by atoms with van der Waals surface area (Å²) >= 11 is 1.12. The highest BCUT2D eigenvalue weighted by Gasteiger charge is 2.33. The van der Waals surface area contributed by atoms with Crippen molar-refractivity contribution in [3.05, 3.63) is 154 Å². The number of hydrogen-bond acceptors (Lipinski definition) is 15. The number of anilines is 4. The Hall–Kier alpha value is -7.72. The summed E-state index contributed by atoms with van der Waals surface area (Å²) in [5, 5.41) is 35.9. The van der Waals surface area contributed by atoms with E-state index in [4.69, 9.17) is 23.7 Å². The fraction of sp³-hybridized carbons (Fsp3) is 0.291. The molecule has 0 spiro atoms. The van der Waals surface area contributed by atoms with Crippen molar-refractivity contribution in [1.29, 1.82) is 0 Å². The number of urea groups is 2. The molecule has 5 amide bonds. The molecule has 0 aliphatic carbocycles. The van der Waals surface area contributed by atoms with Gasteiger partial charge in [0.1, 0.15) is 23.0 Å². The number of esters is 1. The van der Waals surface area contributed by atoms with Gasteiger partial charge >= 0.3 is 18.0 Å². The minimum atomic E-state index is -0.684. The number of aliphatic hydroxyl groups excluding tert-OH is 1. The number of para-hydroxylation sites is 1. The van der Waals surface area contributed by atoms with E-state index >= 15 is 0 Å². The Morgan fingerprint density at radius 2 is 1.16 bits per heavy atom. The van der Waals surface area contributed by atoms with Crippen molar-refractivity contribution >= 4 is 75.3 Å². The van der Waals surface area contributed by atoms with Crippen molar-refractivity contribution < 1.29 is 53.1 Å². The first-order chi connectivity index (χ1) is 36.2. The highest BCUT2D eigenvalue weighted by Crippen LogP contribution is 2.41. The lowest BCUT2D eigenvalue weighted by Gasteiger charge is -2.14. The molecule has 1 aliphatic rings. The summed E-state index contributed by atoms with van der Waals surface area (Å²) in [6.45, 7) is 5.23. The molecule has 7 N–H and O–H groups in total. The summed E-state index contributed by atoms with van der Waals surface area (Å²) in [6, 6.07) is 32.3. The number of phenolic OH excluding ortho intramolecular Hbond substituents is 1. The minimum Gasteiger partial charge on any atom is -0.506 e. The lowest BCUT2D eigenvalue weighted by atomic mass is 10.1. The zero-order chi connectivity index (χ0) is 53.5. The fourth-order valence-electron chi connectivity index (χ4n) is 7.21. The Balaban J connectivity index is 0.896. The predicted octanol–water partition coefficient (Wildman–Crippen LogP) is 8.86. The molecule has 6 rings (SSSR count). The Morgan fingerprint density at radius 3 is 1.69 bits per heavy atom. The molecule has 0 bridgehead atoms. The van der Waals surface area contributed by atoms with Crippen LogP contribution in [-0.2, 0) is 36.8 Å². The van der Waals surface area contributed by atoms with E-state index in [0.29, 0.717) is 45.8 Å². The van der Waals surface area contributed by atoms with Gasteiger partial charge in [-0.05, 0) is 125 Å². The Bertz CT molecular complexity index is 2720. The van der Waals surface area contributed by atoms with Gasteiger partial charge in [0.2, 0.25) is 0 Å². The maximum Gasteiger partial charge on any atom is 0.344 e. The number of nitrogens with zero attached hydrogens (tertiary/aromatic N) is 3. The van der Waals surface area contributed by atoms with Crippen LogP contribution in [-0.4, -0.2) is 137 Å². The molecule has 0 saturated heterocycles.